The molecule has 0 spiro atoms. The number of rotatable bonds is 2. The minimum absolute atomic E-state index is 0.360. The SMILES string of the molecule is Cc1cccc(S(=O)(=O)N2CCSc3ccccc32)c1. The highest BCUT2D eigenvalue weighted by atomic mass is 32.2. The van der Waals surface area contributed by atoms with Crippen molar-refractivity contribution in [2.24, 2.45) is 0 Å². The van der Waals surface area contributed by atoms with E-state index in [-0.39, 0.29) is 0 Å². The third-order valence-corrected chi connectivity index (χ3v) is 6.12. The van der Waals surface area contributed by atoms with Crippen LogP contribution in [0.25, 0.3) is 0 Å². The molecule has 0 bridgehead atoms. The number of thioether (sulfide) groups is 1. The molecule has 5 heteroatoms. The molecule has 2 aromatic carbocycles. The van der Waals surface area contributed by atoms with Crippen molar-refractivity contribution < 1.29 is 8.42 Å². The van der Waals surface area contributed by atoms with Crippen LogP contribution in [0.5, 0.6) is 0 Å². The molecule has 3 nitrogen and oxygen atoms in total. The maximum atomic E-state index is 12.8. The van der Waals surface area contributed by atoms with Crippen LogP contribution >= 0.6 is 11.8 Å². The Morgan fingerprint density at radius 1 is 1.10 bits per heavy atom. The first kappa shape index (κ1) is 13.5. The lowest BCUT2D eigenvalue weighted by atomic mass is 10.2. The number of fused-ring (bicyclic) bond motifs is 1. The first-order chi connectivity index (χ1) is 9.59. The molecule has 0 unspecified atom stereocenters. The van der Waals surface area contributed by atoms with Gasteiger partial charge in [0.2, 0.25) is 0 Å². The molecule has 0 amide bonds. The first-order valence-corrected chi connectivity index (χ1v) is 8.83. The molecular formula is C15H15NO2S2. The zero-order valence-electron chi connectivity index (χ0n) is 11.1. The van der Waals surface area contributed by atoms with E-state index in [1.54, 1.807) is 30.0 Å². The molecule has 1 aliphatic heterocycles. The standard InChI is InChI=1S/C15H15NO2S2/c1-12-5-4-6-13(11-12)20(17,18)16-9-10-19-15-8-3-2-7-14(15)16/h2-8,11H,9-10H2,1H3. The van der Waals surface area contributed by atoms with Crippen LogP contribution in [0.4, 0.5) is 5.69 Å². The molecular weight excluding hydrogens is 290 g/mol. The van der Waals surface area contributed by atoms with Gasteiger partial charge in [-0.15, -0.1) is 11.8 Å². The van der Waals surface area contributed by atoms with Gasteiger partial charge in [-0.2, -0.15) is 0 Å². The van der Waals surface area contributed by atoms with Crippen molar-refractivity contribution >= 4 is 27.5 Å². The fraction of sp³-hybridized carbons (Fsp3) is 0.200. The Kier molecular flexibility index (Phi) is 3.48. The fourth-order valence-electron chi connectivity index (χ4n) is 2.30. The number of anilines is 1. The molecule has 3 rings (SSSR count). The summed E-state index contributed by atoms with van der Waals surface area (Å²) in [5.74, 6) is 0.780. The van der Waals surface area contributed by atoms with E-state index < -0.39 is 10.0 Å². The van der Waals surface area contributed by atoms with Crippen molar-refractivity contribution in [2.45, 2.75) is 16.7 Å². The lowest BCUT2D eigenvalue weighted by molar-refractivity contribution is 0.591. The molecule has 0 atom stereocenters. The number of benzene rings is 2. The summed E-state index contributed by atoms with van der Waals surface area (Å²) in [5.41, 5.74) is 1.73. The summed E-state index contributed by atoms with van der Waals surface area (Å²) in [6.07, 6.45) is 0. The lowest BCUT2D eigenvalue weighted by Gasteiger charge is -2.30. The maximum Gasteiger partial charge on any atom is 0.264 e. The van der Waals surface area contributed by atoms with Gasteiger partial charge in [0.05, 0.1) is 10.6 Å². The van der Waals surface area contributed by atoms with Gasteiger partial charge in [-0.1, -0.05) is 24.3 Å². The van der Waals surface area contributed by atoms with Gasteiger partial charge in [-0.05, 0) is 36.8 Å². The quantitative estimate of drug-likeness (QED) is 0.854. The van der Waals surface area contributed by atoms with Gasteiger partial charge in [-0.25, -0.2) is 8.42 Å². The second kappa shape index (κ2) is 5.14. The Balaban J connectivity index is 2.10. The molecule has 1 aliphatic rings. The molecule has 104 valence electrons. The van der Waals surface area contributed by atoms with E-state index in [4.69, 9.17) is 0 Å². The van der Waals surface area contributed by atoms with Gasteiger partial charge >= 0.3 is 0 Å². The van der Waals surface area contributed by atoms with Crippen LogP contribution in [0.2, 0.25) is 0 Å². The van der Waals surface area contributed by atoms with E-state index in [2.05, 4.69) is 0 Å². The predicted octanol–water partition coefficient (Wildman–Crippen LogP) is 3.30. The molecule has 0 fully saturated rings. The van der Waals surface area contributed by atoms with Crippen LogP contribution < -0.4 is 4.31 Å². The summed E-state index contributed by atoms with van der Waals surface area (Å²) in [6, 6.07) is 14.7. The highest BCUT2D eigenvalue weighted by Gasteiger charge is 2.29. The average molecular weight is 305 g/mol. The molecule has 20 heavy (non-hydrogen) atoms. The van der Waals surface area contributed by atoms with Crippen molar-refractivity contribution in [3.63, 3.8) is 0 Å². The highest BCUT2D eigenvalue weighted by molar-refractivity contribution is 8.00. The largest absolute Gasteiger partial charge is 0.264 e. The topological polar surface area (TPSA) is 37.4 Å². The van der Waals surface area contributed by atoms with Crippen molar-refractivity contribution in [2.75, 3.05) is 16.6 Å². The Morgan fingerprint density at radius 2 is 1.90 bits per heavy atom. The summed E-state index contributed by atoms with van der Waals surface area (Å²) in [7, 11) is -3.48. The highest BCUT2D eigenvalue weighted by Crippen LogP contribution is 2.37. The van der Waals surface area contributed by atoms with Gasteiger partial charge < -0.3 is 0 Å². The normalized spacial score (nSPS) is 14.9. The maximum absolute atomic E-state index is 12.8. The Labute approximate surface area is 123 Å². The van der Waals surface area contributed by atoms with Crippen molar-refractivity contribution in [3.8, 4) is 0 Å². The lowest BCUT2D eigenvalue weighted by Crippen LogP contribution is -2.35. The molecule has 0 saturated heterocycles. The zero-order valence-corrected chi connectivity index (χ0v) is 12.7. The fourth-order valence-corrected chi connectivity index (χ4v) is 5.05. The second-order valence-electron chi connectivity index (χ2n) is 4.71. The third-order valence-electron chi connectivity index (χ3n) is 3.26. The van der Waals surface area contributed by atoms with E-state index >= 15 is 0 Å². The number of aryl methyl sites for hydroxylation is 1. The Hall–Kier alpha value is -1.46. The Bertz CT molecular complexity index is 741. The summed E-state index contributed by atoms with van der Waals surface area (Å²) in [5, 5.41) is 0. The van der Waals surface area contributed by atoms with Crippen molar-refractivity contribution in [1.29, 1.82) is 0 Å². The second-order valence-corrected chi connectivity index (χ2v) is 7.71. The van der Waals surface area contributed by atoms with Gasteiger partial charge in [0, 0.05) is 17.2 Å². The van der Waals surface area contributed by atoms with Gasteiger partial charge in [-0.3, -0.25) is 4.31 Å². The molecule has 0 saturated carbocycles. The van der Waals surface area contributed by atoms with E-state index in [1.165, 1.54) is 4.31 Å². The monoisotopic (exact) mass is 305 g/mol. The van der Waals surface area contributed by atoms with Crippen molar-refractivity contribution in [1.82, 2.24) is 0 Å². The van der Waals surface area contributed by atoms with E-state index in [0.717, 1.165) is 21.9 Å². The molecule has 2 aromatic rings. The van der Waals surface area contributed by atoms with Crippen LogP contribution in [-0.2, 0) is 10.0 Å². The van der Waals surface area contributed by atoms with Crippen LogP contribution in [0.3, 0.4) is 0 Å². The number of hydrogen-bond donors (Lipinski definition) is 0. The summed E-state index contributed by atoms with van der Waals surface area (Å²) in [4.78, 5) is 1.38. The molecule has 1 heterocycles. The van der Waals surface area contributed by atoms with Gasteiger partial charge in [0.25, 0.3) is 10.0 Å². The Morgan fingerprint density at radius 3 is 2.70 bits per heavy atom. The molecule has 0 aliphatic carbocycles. The first-order valence-electron chi connectivity index (χ1n) is 6.40. The van der Waals surface area contributed by atoms with E-state index in [1.807, 2.05) is 37.3 Å². The average Bonchev–Trinajstić information content (AvgIpc) is 2.46. The third kappa shape index (κ3) is 2.31. The number of sulfonamides is 1. The van der Waals surface area contributed by atoms with Crippen LogP contribution in [0.1, 0.15) is 5.56 Å². The van der Waals surface area contributed by atoms with Gasteiger partial charge in [0.15, 0.2) is 0 Å². The number of para-hydroxylation sites is 1. The van der Waals surface area contributed by atoms with E-state index in [0.29, 0.717) is 11.4 Å². The summed E-state index contributed by atoms with van der Waals surface area (Å²) >= 11 is 1.70. The summed E-state index contributed by atoms with van der Waals surface area (Å²) in [6.45, 7) is 2.41. The summed E-state index contributed by atoms with van der Waals surface area (Å²) < 4.78 is 27.2. The van der Waals surface area contributed by atoms with E-state index in [9.17, 15) is 8.42 Å². The van der Waals surface area contributed by atoms with Crippen LogP contribution in [-0.4, -0.2) is 20.7 Å². The van der Waals surface area contributed by atoms with Crippen LogP contribution in [0, 0.1) is 6.92 Å². The minimum atomic E-state index is -3.48. The van der Waals surface area contributed by atoms with Crippen molar-refractivity contribution in [3.05, 3.63) is 54.1 Å². The molecule has 0 aromatic heterocycles. The van der Waals surface area contributed by atoms with Gasteiger partial charge in [0.1, 0.15) is 0 Å². The van der Waals surface area contributed by atoms with Crippen LogP contribution in [0.15, 0.2) is 58.3 Å². The predicted molar refractivity (Wildman–Crippen MR) is 82.9 cm³/mol. The minimum Gasteiger partial charge on any atom is -0.264 e. The number of hydrogen-bond acceptors (Lipinski definition) is 3. The molecule has 0 radical (unpaired) electrons. The smallest absolute Gasteiger partial charge is 0.264 e. The zero-order chi connectivity index (χ0) is 14.2. The molecule has 0 N–H and O–H groups in total. The number of nitrogens with zero attached hydrogens (tertiary/aromatic N) is 1.